The zero-order valence-corrected chi connectivity index (χ0v) is 20.2. The lowest BCUT2D eigenvalue weighted by Crippen LogP contribution is -2.27. The van der Waals surface area contributed by atoms with Gasteiger partial charge in [0, 0.05) is 0 Å². The monoisotopic (exact) mass is 487 g/mol. The fourth-order valence-corrected chi connectivity index (χ4v) is 3.01. The van der Waals surface area contributed by atoms with Crippen molar-refractivity contribution in [3.8, 4) is 16.9 Å². The van der Waals surface area contributed by atoms with Gasteiger partial charge < -0.3 is 23.4 Å². The van der Waals surface area contributed by atoms with Gasteiger partial charge in [0.25, 0.3) is 0 Å². The van der Waals surface area contributed by atoms with E-state index in [0.717, 1.165) is 6.20 Å². The molecular weight excluding hydrogens is 457 g/mol. The van der Waals surface area contributed by atoms with E-state index >= 15 is 0 Å². The van der Waals surface area contributed by atoms with Crippen LogP contribution in [0.15, 0.2) is 51.9 Å². The van der Waals surface area contributed by atoms with Gasteiger partial charge in [-0.05, 0) is 44.0 Å². The summed E-state index contributed by atoms with van der Waals surface area (Å²) in [5, 5.41) is 0.192. The van der Waals surface area contributed by atoms with E-state index in [1.54, 1.807) is 24.3 Å². The number of halogens is 1. The number of rotatable bonds is 13. The zero-order valence-electron chi connectivity index (χ0n) is 20.2. The van der Waals surface area contributed by atoms with E-state index in [4.69, 9.17) is 23.4 Å². The molecule has 1 aromatic carbocycles. The Kier molecular flexibility index (Phi) is 9.33. The van der Waals surface area contributed by atoms with Crippen molar-refractivity contribution < 1.29 is 32.5 Å². The summed E-state index contributed by atoms with van der Waals surface area (Å²) in [6.07, 6.45) is 3.09. The molecule has 0 spiro atoms. The van der Waals surface area contributed by atoms with Gasteiger partial charge in [0.15, 0.2) is 11.4 Å². The number of benzene rings is 1. The molecule has 35 heavy (non-hydrogen) atoms. The van der Waals surface area contributed by atoms with Gasteiger partial charge in [-0.2, -0.15) is 0 Å². The number of carbonyl (C=O) groups is 1. The number of ether oxygens (including phenoxy) is 4. The van der Waals surface area contributed by atoms with E-state index in [-0.39, 0.29) is 29.1 Å². The number of fused-ring (bicyclic) bond motifs is 1. The Hall–Kier alpha value is -3.30. The molecule has 3 rings (SSSR count). The maximum Gasteiger partial charge on any atom is 0.344 e. The lowest BCUT2D eigenvalue weighted by atomic mass is 9.91. The Morgan fingerprint density at radius 2 is 1.66 bits per heavy atom. The minimum Gasteiger partial charge on any atom is -0.491 e. The van der Waals surface area contributed by atoms with Gasteiger partial charge >= 0.3 is 11.6 Å². The third kappa shape index (κ3) is 7.34. The Balaban J connectivity index is 1.34. The zero-order chi connectivity index (χ0) is 25.3. The molecule has 0 aliphatic carbocycles. The van der Waals surface area contributed by atoms with Crippen LogP contribution in [0.4, 0.5) is 4.39 Å². The Morgan fingerprint density at radius 3 is 2.34 bits per heavy atom. The average Bonchev–Trinajstić information content (AvgIpc) is 2.85. The molecule has 188 valence electrons. The summed E-state index contributed by atoms with van der Waals surface area (Å²) in [5.74, 6) is -0.180. The quantitative estimate of drug-likeness (QED) is 0.259. The molecule has 0 saturated heterocycles. The molecule has 8 nitrogen and oxygen atoms in total. The normalized spacial score (nSPS) is 11.5. The molecule has 0 saturated carbocycles. The van der Waals surface area contributed by atoms with Crippen LogP contribution in [0.2, 0.25) is 0 Å². The van der Waals surface area contributed by atoms with E-state index < -0.39 is 16.9 Å². The molecule has 3 aromatic rings. The van der Waals surface area contributed by atoms with Crippen LogP contribution in [0.5, 0.6) is 5.75 Å². The second kappa shape index (κ2) is 12.4. The summed E-state index contributed by atoms with van der Waals surface area (Å²) in [7, 11) is 0. The van der Waals surface area contributed by atoms with Gasteiger partial charge in [-0.1, -0.05) is 19.1 Å². The van der Waals surface area contributed by atoms with Crippen LogP contribution >= 0.6 is 0 Å². The lowest BCUT2D eigenvalue weighted by molar-refractivity contribution is -0.155. The molecule has 2 aromatic heterocycles. The number of hydrogen-bond acceptors (Lipinski definition) is 8. The van der Waals surface area contributed by atoms with Crippen molar-refractivity contribution >= 4 is 16.9 Å². The van der Waals surface area contributed by atoms with Crippen LogP contribution in [-0.4, -0.2) is 50.6 Å². The minimum absolute atomic E-state index is 0.101. The van der Waals surface area contributed by atoms with Gasteiger partial charge in [0.1, 0.15) is 19.0 Å². The predicted molar refractivity (Wildman–Crippen MR) is 128 cm³/mol. The van der Waals surface area contributed by atoms with E-state index in [0.29, 0.717) is 50.8 Å². The number of pyridine rings is 1. The first kappa shape index (κ1) is 26.3. The number of esters is 1. The summed E-state index contributed by atoms with van der Waals surface area (Å²) in [6.45, 7) is 7.65. The molecule has 2 heterocycles. The third-order valence-electron chi connectivity index (χ3n) is 5.54. The molecular formula is C26H30FNO7. The first-order chi connectivity index (χ1) is 16.8. The van der Waals surface area contributed by atoms with Gasteiger partial charge in [0.2, 0.25) is 0 Å². The van der Waals surface area contributed by atoms with Gasteiger partial charge in [0.05, 0.1) is 55.2 Å². The summed E-state index contributed by atoms with van der Waals surface area (Å²) < 4.78 is 40.8. The number of hydrogen-bond donors (Lipinski definition) is 0. The molecule has 0 fully saturated rings. The second-order valence-corrected chi connectivity index (χ2v) is 8.45. The maximum atomic E-state index is 14.0. The SMILES string of the molecule is CCC(C)(C)C(=O)OCCOCCOCCOc1ccc(-c2cc3c(F)cncc3oc2=O)cc1. The molecule has 0 atom stereocenters. The smallest absolute Gasteiger partial charge is 0.344 e. The molecule has 9 heteroatoms. The second-order valence-electron chi connectivity index (χ2n) is 8.45. The number of carbonyl (C=O) groups excluding carboxylic acids is 1. The van der Waals surface area contributed by atoms with Crippen molar-refractivity contribution in [3.05, 3.63) is 59.0 Å². The van der Waals surface area contributed by atoms with E-state index in [9.17, 15) is 14.0 Å². The van der Waals surface area contributed by atoms with E-state index in [1.807, 2.05) is 20.8 Å². The molecule has 0 aliphatic rings. The Bertz CT molecular complexity index is 1170. The van der Waals surface area contributed by atoms with E-state index in [2.05, 4.69) is 4.98 Å². The van der Waals surface area contributed by atoms with Crippen molar-refractivity contribution in [1.29, 1.82) is 0 Å². The standard InChI is InChI=1S/C26H30FNO7/c1-4-26(2,3)25(30)34-14-12-32-10-9-31-11-13-33-19-7-5-18(6-8-19)20-15-21-22(27)16-28-17-23(21)35-24(20)29/h5-8,15-17H,4,9-14H2,1-3H3. The minimum atomic E-state index is -0.572. The average molecular weight is 488 g/mol. The van der Waals surface area contributed by atoms with Crippen LogP contribution in [0, 0.1) is 11.2 Å². The summed E-state index contributed by atoms with van der Waals surface area (Å²) >= 11 is 0. The first-order valence-corrected chi connectivity index (χ1v) is 11.4. The lowest BCUT2D eigenvalue weighted by Gasteiger charge is -2.20. The topological polar surface area (TPSA) is 97.1 Å². The van der Waals surface area contributed by atoms with Crippen molar-refractivity contribution in [2.45, 2.75) is 27.2 Å². The predicted octanol–water partition coefficient (Wildman–Crippen LogP) is 4.39. The Morgan fingerprint density at radius 1 is 1.00 bits per heavy atom. The summed E-state index contributed by atoms with van der Waals surface area (Å²) in [4.78, 5) is 27.8. The highest BCUT2D eigenvalue weighted by Gasteiger charge is 2.26. The van der Waals surface area contributed by atoms with Crippen LogP contribution < -0.4 is 10.4 Å². The van der Waals surface area contributed by atoms with Crippen molar-refractivity contribution in [3.63, 3.8) is 0 Å². The first-order valence-electron chi connectivity index (χ1n) is 11.4. The van der Waals surface area contributed by atoms with Gasteiger partial charge in [-0.25, -0.2) is 9.18 Å². The van der Waals surface area contributed by atoms with Crippen LogP contribution in [-0.2, 0) is 19.0 Å². The van der Waals surface area contributed by atoms with Gasteiger partial charge in [-0.15, -0.1) is 0 Å². The molecule has 0 bridgehead atoms. The third-order valence-corrected chi connectivity index (χ3v) is 5.54. The van der Waals surface area contributed by atoms with Crippen LogP contribution in [0.25, 0.3) is 22.1 Å². The van der Waals surface area contributed by atoms with Gasteiger partial charge in [-0.3, -0.25) is 9.78 Å². The van der Waals surface area contributed by atoms with E-state index in [1.165, 1.54) is 12.3 Å². The highest BCUT2D eigenvalue weighted by molar-refractivity contribution is 5.81. The summed E-state index contributed by atoms with van der Waals surface area (Å²) in [6, 6.07) is 8.30. The van der Waals surface area contributed by atoms with Crippen LogP contribution in [0.3, 0.4) is 0 Å². The maximum absolute atomic E-state index is 14.0. The highest BCUT2D eigenvalue weighted by atomic mass is 19.1. The molecule has 0 N–H and O–H groups in total. The molecule has 0 radical (unpaired) electrons. The molecule has 0 unspecified atom stereocenters. The number of nitrogens with zero attached hydrogens (tertiary/aromatic N) is 1. The van der Waals surface area contributed by atoms with Crippen molar-refractivity contribution in [2.75, 3.05) is 39.6 Å². The fraction of sp³-hybridized carbons (Fsp3) is 0.423. The van der Waals surface area contributed by atoms with Crippen molar-refractivity contribution in [2.24, 2.45) is 5.41 Å². The number of aromatic nitrogens is 1. The molecule has 0 aliphatic heterocycles. The summed E-state index contributed by atoms with van der Waals surface area (Å²) in [5.41, 5.74) is -0.116. The van der Waals surface area contributed by atoms with Crippen LogP contribution in [0.1, 0.15) is 27.2 Å². The fourth-order valence-electron chi connectivity index (χ4n) is 3.01. The Labute approximate surface area is 203 Å². The largest absolute Gasteiger partial charge is 0.491 e. The highest BCUT2D eigenvalue weighted by Crippen LogP contribution is 2.24. The molecule has 0 amide bonds. The van der Waals surface area contributed by atoms with Crippen molar-refractivity contribution in [1.82, 2.24) is 4.98 Å².